The van der Waals surface area contributed by atoms with Crippen LogP contribution >= 0.6 is 0 Å². The number of aromatic nitrogens is 1. The third-order valence-corrected chi connectivity index (χ3v) is 2.71. The van der Waals surface area contributed by atoms with Crippen molar-refractivity contribution in [2.24, 2.45) is 5.84 Å². The second-order valence-corrected chi connectivity index (χ2v) is 4.25. The van der Waals surface area contributed by atoms with E-state index in [1.165, 1.54) is 5.56 Å². The molecule has 0 unspecified atom stereocenters. The van der Waals surface area contributed by atoms with E-state index in [9.17, 15) is 0 Å². The average Bonchev–Trinajstić information content (AvgIpc) is 2.40. The summed E-state index contributed by atoms with van der Waals surface area (Å²) in [7, 11) is 0. The van der Waals surface area contributed by atoms with Crippen molar-refractivity contribution in [1.29, 1.82) is 0 Å². The molecule has 3 N–H and O–H groups in total. The van der Waals surface area contributed by atoms with Gasteiger partial charge >= 0.3 is 0 Å². The number of ether oxygens (including phenoxy) is 1. The number of nitrogens with one attached hydrogen (secondary N) is 1. The topological polar surface area (TPSA) is 60.2 Å². The minimum atomic E-state index is 0.501. The van der Waals surface area contributed by atoms with Gasteiger partial charge in [0.15, 0.2) is 0 Å². The lowest BCUT2D eigenvalue weighted by Crippen LogP contribution is -2.09. The van der Waals surface area contributed by atoms with Crippen molar-refractivity contribution >= 4 is 5.82 Å². The fourth-order valence-corrected chi connectivity index (χ4v) is 1.67. The molecule has 18 heavy (non-hydrogen) atoms. The fraction of sp³-hybridized carbons (Fsp3) is 0.214. The van der Waals surface area contributed by atoms with E-state index in [0.717, 1.165) is 16.9 Å². The molecule has 0 aliphatic heterocycles. The van der Waals surface area contributed by atoms with Gasteiger partial charge in [-0.25, -0.2) is 10.8 Å². The number of anilines is 1. The van der Waals surface area contributed by atoms with Crippen LogP contribution in [0, 0.1) is 13.8 Å². The molecule has 94 valence electrons. The maximum Gasteiger partial charge on any atom is 0.140 e. The highest BCUT2D eigenvalue weighted by molar-refractivity contribution is 5.38. The molecule has 1 heterocycles. The highest BCUT2D eigenvalue weighted by atomic mass is 16.5. The molecule has 0 amide bonds. The molecule has 2 aromatic rings. The number of nitrogens with zero attached hydrogens (tertiary/aromatic N) is 1. The predicted octanol–water partition coefficient (Wildman–Crippen LogP) is 2.56. The van der Waals surface area contributed by atoms with Crippen molar-refractivity contribution in [2.75, 3.05) is 5.43 Å². The number of nitrogen functional groups attached to an aromatic ring is 1. The molecule has 0 aliphatic carbocycles. The van der Waals surface area contributed by atoms with E-state index < -0.39 is 0 Å². The molecule has 0 spiro atoms. The molecule has 0 atom stereocenters. The Hall–Kier alpha value is -2.07. The molecule has 0 bridgehead atoms. The predicted molar refractivity (Wildman–Crippen MR) is 72.3 cm³/mol. The summed E-state index contributed by atoms with van der Waals surface area (Å²) in [5, 5.41) is 0. The second-order valence-electron chi connectivity index (χ2n) is 4.25. The van der Waals surface area contributed by atoms with Gasteiger partial charge in [-0.15, -0.1) is 0 Å². The summed E-state index contributed by atoms with van der Waals surface area (Å²) in [4.78, 5) is 4.05. The summed E-state index contributed by atoms with van der Waals surface area (Å²) < 4.78 is 5.81. The monoisotopic (exact) mass is 243 g/mol. The molecule has 1 aromatic carbocycles. The number of hydrazine groups is 1. The molecule has 0 saturated heterocycles. The van der Waals surface area contributed by atoms with Gasteiger partial charge in [-0.05, 0) is 48.7 Å². The zero-order chi connectivity index (χ0) is 13.0. The first-order valence-corrected chi connectivity index (χ1v) is 5.80. The first-order chi connectivity index (χ1) is 8.69. The fourth-order valence-electron chi connectivity index (χ4n) is 1.67. The summed E-state index contributed by atoms with van der Waals surface area (Å²) in [6, 6.07) is 9.95. The third kappa shape index (κ3) is 2.99. The number of aryl methyl sites for hydroxylation is 2. The maximum atomic E-state index is 5.81. The van der Waals surface area contributed by atoms with Gasteiger partial charge in [0.2, 0.25) is 0 Å². The highest BCUT2D eigenvalue weighted by Gasteiger charge is 2.01. The molecule has 0 saturated carbocycles. The van der Waals surface area contributed by atoms with Crippen LogP contribution < -0.4 is 16.0 Å². The number of nitrogens with two attached hydrogens (primary N) is 1. The molecule has 0 radical (unpaired) electrons. The van der Waals surface area contributed by atoms with Crippen LogP contribution in [0.15, 0.2) is 36.5 Å². The zero-order valence-corrected chi connectivity index (χ0v) is 10.6. The Balaban J connectivity index is 2.08. The van der Waals surface area contributed by atoms with Crippen molar-refractivity contribution in [3.63, 3.8) is 0 Å². The highest BCUT2D eigenvalue weighted by Crippen LogP contribution is 2.20. The summed E-state index contributed by atoms with van der Waals surface area (Å²) in [6.07, 6.45) is 1.71. The van der Waals surface area contributed by atoms with Gasteiger partial charge in [0.25, 0.3) is 0 Å². The van der Waals surface area contributed by atoms with E-state index in [-0.39, 0.29) is 0 Å². The number of hydrogen-bond donors (Lipinski definition) is 2. The second kappa shape index (κ2) is 5.51. The standard InChI is InChI=1S/C14H17N3O/c1-10-3-4-11(2)13(7-10)18-9-12-5-6-16-14(8-12)17-15/h3-8H,9,15H2,1-2H3,(H,16,17). The Morgan fingerprint density at radius 1 is 1.22 bits per heavy atom. The SMILES string of the molecule is Cc1ccc(C)c(OCc2ccnc(NN)c2)c1. The maximum absolute atomic E-state index is 5.81. The van der Waals surface area contributed by atoms with Gasteiger partial charge in [0.05, 0.1) is 0 Å². The molecule has 0 aliphatic rings. The van der Waals surface area contributed by atoms with E-state index in [2.05, 4.69) is 29.5 Å². The number of rotatable bonds is 4. The minimum absolute atomic E-state index is 0.501. The van der Waals surface area contributed by atoms with Crippen molar-refractivity contribution in [3.05, 3.63) is 53.2 Å². The Kier molecular flexibility index (Phi) is 3.79. The van der Waals surface area contributed by atoms with E-state index in [1.807, 2.05) is 25.1 Å². The summed E-state index contributed by atoms with van der Waals surface area (Å²) >= 11 is 0. The molecular formula is C14H17N3O. The molecule has 1 aromatic heterocycles. The van der Waals surface area contributed by atoms with E-state index >= 15 is 0 Å². The minimum Gasteiger partial charge on any atom is -0.489 e. The van der Waals surface area contributed by atoms with Gasteiger partial charge in [-0.1, -0.05) is 12.1 Å². The number of hydrogen-bond acceptors (Lipinski definition) is 4. The van der Waals surface area contributed by atoms with E-state index in [1.54, 1.807) is 6.20 Å². The Labute approximate surface area is 107 Å². The third-order valence-electron chi connectivity index (χ3n) is 2.71. The first-order valence-electron chi connectivity index (χ1n) is 5.80. The van der Waals surface area contributed by atoms with Crippen molar-refractivity contribution in [1.82, 2.24) is 4.98 Å². The van der Waals surface area contributed by atoms with Crippen LogP contribution in [0.3, 0.4) is 0 Å². The summed E-state index contributed by atoms with van der Waals surface area (Å²) in [5.41, 5.74) is 5.87. The largest absolute Gasteiger partial charge is 0.489 e. The molecule has 2 rings (SSSR count). The van der Waals surface area contributed by atoms with Gasteiger partial charge in [0.1, 0.15) is 18.2 Å². The van der Waals surface area contributed by atoms with Gasteiger partial charge in [-0.2, -0.15) is 0 Å². The van der Waals surface area contributed by atoms with Gasteiger partial charge in [-0.3, -0.25) is 0 Å². The lowest BCUT2D eigenvalue weighted by Gasteiger charge is -2.10. The van der Waals surface area contributed by atoms with Crippen LogP contribution in [0.5, 0.6) is 5.75 Å². The zero-order valence-electron chi connectivity index (χ0n) is 10.6. The average molecular weight is 243 g/mol. The number of pyridine rings is 1. The van der Waals surface area contributed by atoms with Gasteiger partial charge < -0.3 is 10.2 Å². The van der Waals surface area contributed by atoms with Crippen molar-refractivity contribution in [3.8, 4) is 5.75 Å². The van der Waals surface area contributed by atoms with E-state index in [4.69, 9.17) is 10.6 Å². The molecule has 4 heteroatoms. The molecular weight excluding hydrogens is 226 g/mol. The van der Waals surface area contributed by atoms with Crippen LogP contribution in [0.2, 0.25) is 0 Å². The van der Waals surface area contributed by atoms with Gasteiger partial charge in [0, 0.05) is 6.20 Å². The number of benzene rings is 1. The normalized spacial score (nSPS) is 10.2. The van der Waals surface area contributed by atoms with E-state index in [0.29, 0.717) is 12.4 Å². The van der Waals surface area contributed by atoms with Crippen LogP contribution in [-0.2, 0) is 6.61 Å². The van der Waals surface area contributed by atoms with Crippen LogP contribution in [0.4, 0.5) is 5.82 Å². The Bertz CT molecular complexity index is 540. The molecule has 0 fully saturated rings. The van der Waals surface area contributed by atoms with Crippen LogP contribution in [-0.4, -0.2) is 4.98 Å². The van der Waals surface area contributed by atoms with Crippen LogP contribution in [0.25, 0.3) is 0 Å². The smallest absolute Gasteiger partial charge is 0.140 e. The first kappa shape index (κ1) is 12.4. The Morgan fingerprint density at radius 3 is 2.83 bits per heavy atom. The van der Waals surface area contributed by atoms with Crippen LogP contribution in [0.1, 0.15) is 16.7 Å². The molecule has 4 nitrogen and oxygen atoms in total. The van der Waals surface area contributed by atoms with Crippen molar-refractivity contribution < 1.29 is 4.74 Å². The lowest BCUT2D eigenvalue weighted by molar-refractivity contribution is 0.304. The van der Waals surface area contributed by atoms with Crippen molar-refractivity contribution in [2.45, 2.75) is 20.5 Å². The quantitative estimate of drug-likeness (QED) is 0.640. The lowest BCUT2D eigenvalue weighted by atomic mass is 10.1. The Morgan fingerprint density at radius 2 is 2.06 bits per heavy atom. The summed E-state index contributed by atoms with van der Waals surface area (Å²) in [6.45, 7) is 4.59. The summed E-state index contributed by atoms with van der Waals surface area (Å²) in [5.74, 6) is 6.86.